The van der Waals surface area contributed by atoms with Crippen LogP contribution in [0.4, 0.5) is 13.2 Å². The minimum Gasteiger partial charge on any atom is -0.424 e. The zero-order valence-electron chi connectivity index (χ0n) is 10.2. The molecule has 0 unspecified atom stereocenters. The predicted octanol–water partition coefficient (Wildman–Crippen LogP) is 2.54. The quantitative estimate of drug-likeness (QED) is 0.818. The molecule has 0 bridgehead atoms. The highest BCUT2D eigenvalue weighted by Crippen LogP contribution is 2.28. The molecular formula is C11H16F3N3O. The van der Waals surface area contributed by atoms with E-state index in [0.29, 0.717) is 18.4 Å². The first-order chi connectivity index (χ1) is 8.42. The molecule has 1 heterocycles. The van der Waals surface area contributed by atoms with Crippen LogP contribution < -0.4 is 0 Å². The minimum atomic E-state index is -4.20. The summed E-state index contributed by atoms with van der Waals surface area (Å²) in [7, 11) is 0. The molecule has 0 atom stereocenters. The highest BCUT2D eigenvalue weighted by atomic mass is 19.4. The second-order valence-corrected chi connectivity index (χ2v) is 4.80. The van der Waals surface area contributed by atoms with Gasteiger partial charge in [0, 0.05) is 13.5 Å². The van der Waals surface area contributed by atoms with E-state index < -0.39 is 12.7 Å². The van der Waals surface area contributed by atoms with Crippen molar-refractivity contribution in [3.05, 3.63) is 11.8 Å². The molecule has 1 aliphatic rings. The Morgan fingerprint density at radius 1 is 1.33 bits per heavy atom. The van der Waals surface area contributed by atoms with Crippen LogP contribution in [-0.2, 0) is 6.54 Å². The van der Waals surface area contributed by atoms with Gasteiger partial charge < -0.3 is 4.42 Å². The number of halogens is 3. The molecule has 18 heavy (non-hydrogen) atoms. The van der Waals surface area contributed by atoms with Crippen molar-refractivity contribution in [2.24, 2.45) is 5.92 Å². The molecule has 1 saturated carbocycles. The van der Waals surface area contributed by atoms with E-state index in [9.17, 15) is 13.2 Å². The first kappa shape index (κ1) is 13.3. The Bertz CT molecular complexity index is 387. The molecule has 2 rings (SSSR count). The summed E-state index contributed by atoms with van der Waals surface area (Å²) in [4.78, 5) is 1.34. The maximum Gasteiger partial charge on any atom is 0.401 e. The summed E-state index contributed by atoms with van der Waals surface area (Å²) in [5, 5.41) is 7.37. The van der Waals surface area contributed by atoms with Crippen molar-refractivity contribution in [3.63, 3.8) is 0 Å². The molecule has 1 aromatic rings. The Morgan fingerprint density at radius 3 is 2.50 bits per heavy atom. The van der Waals surface area contributed by atoms with Crippen LogP contribution in [0.5, 0.6) is 0 Å². The summed E-state index contributed by atoms with van der Waals surface area (Å²) >= 11 is 0. The third-order valence-electron chi connectivity index (χ3n) is 3.07. The molecule has 0 N–H and O–H groups in total. The first-order valence-electron chi connectivity index (χ1n) is 6.00. The number of hydrogen-bond acceptors (Lipinski definition) is 4. The van der Waals surface area contributed by atoms with Crippen LogP contribution in [0, 0.1) is 12.8 Å². The lowest BCUT2D eigenvalue weighted by atomic mass is 9.85. The van der Waals surface area contributed by atoms with E-state index in [4.69, 9.17) is 4.42 Å². The van der Waals surface area contributed by atoms with Crippen molar-refractivity contribution >= 4 is 0 Å². The molecule has 0 saturated heterocycles. The molecule has 0 aliphatic heterocycles. The van der Waals surface area contributed by atoms with Gasteiger partial charge >= 0.3 is 6.18 Å². The SMILES string of the molecule is Cc1nnc(CN(CC2CCC2)CC(F)(F)F)o1. The van der Waals surface area contributed by atoms with Crippen LogP contribution in [0.25, 0.3) is 0 Å². The monoisotopic (exact) mass is 263 g/mol. The summed E-state index contributed by atoms with van der Waals surface area (Å²) < 4.78 is 42.6. The van der Waals surface area contributed by atoms with E-state index in [-0.39, 0.29) is 12.4 Å². The fourth-order valence-electron chi connectivity index (χ4n) is 2.07. The van der Waals surface area contributed by atoms with Crippen molar-refractivity contribution in [1.29, 1.82) is 0 Å². The van der Waals surface area contributed by atoms with Gasteiger partial charge in [0.15, 0.2) is 0 Å². The maximum atomic E-state index is 12.5. The van der Waals surface area contributed by atoms with Crippen molar-refractivity contribution in [3.8, 4) is 0 Å². The highest BCUT2D eigenvalue weighted by Gasteiger charge is 2.33. The standard InChI is InChI=1S/C11H16F3N3O/c1-8-15-16-10(18-8)6-17(7-11(12,13)14)5-9-3-2-4-9/h9H,2-7H2,1H3. The Hall–Kier alpha value is -1.11. The van der Waals surface area contributed by atoms with Crippen molar-refractivity contribution in [2.75, 3.05) is 13.1 Å². The Balaban J connectivity index is 1.94. The van der Waals surface area contributed by atoms with Gasteiger partial charge in [-0.05, 0) is 18.8 Å². The molecule has 4 nitrogen and oxygen atoms in total. The zero-order valence-corrected chi connectivity index (χ0v) is 10.2. The van der Waals surface area contributed by atoms with Crippen LogP contribution in [0.15, 0.2) is 4.42 Å². The zero-order chi connectivity index (χ0) is 13.2. The normalized spacial score (nSPS) is 17.2. The average molecular weight is 263 g/mol. The van der Waals surface area contributed by atoms with Gasteiger partial charge in [-0.2, -0.15) is 13.2 Å². The molecule has 1 fully saturated rings. The van der Waals surface area contributed by atoms with Crippen LogP contribution >= 0.6 is 0 Å². The van der Waals surface area contributed by atoms with Gasteiger partial charge in [0.2, 0.25) is 11.8 Å². The molecule has 0 spiro atoms. The fraction of sp³-hybridized carbons (Fsp3) is 0.818. The summed E-state index contributed by atoms with van der Waals surface area (Å²) in [5.74, 6) is 0.994. The number of nitrogens with zero attached hydrogens (tertiary/aromatic N) is 3. The summed E-state index contributed by atoms with van der Waals surface area (Å²) in [5.41, 5.74) is 0. The number of alkyl halides is 3. The number of aromatic nitrogens is 2. The summed E-state index contributed by atoms with van der Waals surface area (Å²) in [6.07, 6.45) is -1.06. The van der Waals surface area contributed by atoms with Gasteiger partial charge in [0.25, 0.3) is 0 Å². The van der Waals surface area contributed by atoms with Gasteiger partial charge in [0.05, 0.1) is 13.1 Å². The van der Waals surface area contributed by atoms with Crippen LogP contribution in [0.1, 0.15) is 31.0 Å². The van der Waals surface area contributed by atoms with E-state index in [1.54, 1.807) is 6.92 Å². The van der Waals surface area contributed by atoms with E-state index in [1.165, 1.54) is 4.90 Å². The Labute approximate surface area is 103 Å². The molecule has 0 amide bonds. The second-order valence-electron chi connectivity index (χ2n) is 4.80. The average Bonchev–Trinajstić information content (AvgIpc) is 2.55. The number of hydrogen-bond donors (Lipinski definition) is 0. The lowest BCUT2D eigenvalue weighted by Gasteiger charge is -2.32. The predicted molar refractivity (Wildman–Crippen MR) is 57.7 cm³/mol. The van der Waals surface area contributed by atoms with E-state index >= 15 is 0 Å². The second kappa shape index (κ2) is 5.26. The molecule has 0 aromatic carbocycles. The Kier molecular flexibility index (Phi) is 3.89. The smallest absolute Gasteiger partial charge is 0.401 e. The third-order valence-corrected chi connectivity index (χ3v) is 3.07. The van der Waals surface area contributed by atoms with E-state index in [0.717, 1.165) is 19.3 Å². The molecular weight excluding hydrogens is 247 g/mol. The maximum absolute atomic E-state index is 12.5. The largest absolute Gasteiger partial charge is 0.424 e. The highest BCUT2D eigenvalue weighted by molar-refractivity contribution is 4.82. The van der Waals surface area contributed by atoms with Crippen molar-refractivity contribution < 1.29 is 17.6 Å². The van der Waals surface area contributed by atoms with Gasteiger partial charge in [-0.1, -0.05) is 6.42 Å². The van der Waals surface area contributed by atoms with E-state index in [2.05, 4.69) is 10.2 Å². The summed E-state index contributed by atoms with van der Waals surface area (Å²) in [6.45, 7) is 1.21. The van der Waals surface area contributed by atoms with Crippen LogP contribution in [0.3, 0.4) is 0 Å². The lowest BCUT2D eigenvalue weighted by Crippen LogP contribution is -2.38. The van der Waals surface area contributed by atoms with Crippen LogP contribution in [0.2, 0.25) is 0 Å². The van der Waals surface area contributed by atoms with Crippen molar-refractivity contribution in [1.82, 2.24) is 15.1 Å². The summed E-state index contributed by atoms with van der Waals surface area (Å²) in [6, 6.07) is 0. The number of aryl methyl sites for hydroxylation is 1. The topological polar surface area (TPSA) is 42.2 Å². The van der Waals surface area contributed by atoms with Gasteiger partial charge in [-0.3, -0.25) is 4.90 Å². The first-order valence-corrected chi connectivity index (χ1v) is 6.00. The fourth-order valence-corrected chi connectivity index (χ4v) is 2.07. The Morgan fingerprint density at radius 2 is 2.06 bits per heavy atom. The molecule has 1 aromatic heterocycles. The van der Waals surface area contributed by atoms with Gasteiger partial charge in [-0.15, -0.1) is 10.2 Å². The van der Waals surface area contributed by atoms with Gasteiger partial charge in [-0.25, -0.2) is 0 Å². The molecule has 1 aliphatic carbocycles. The minimum absolute atomic E-state index is 0.0663. The third kappa shape index (κ3) is 3.97. The molecule has 102 valence electrons. The number of rotatable bonds is 5. The van der Waals surface area contributed by atoms with E-state index in [1.807, 2.05) is 0 Å². The molecule has 0 radical (unpaired) electrons. The van der Waals surface area contributed by atoms with Crippen LogP contribution in [-0.4, -0.2) is 34.4 Å². The van der Waals surface area contributed by atoms with Gasteiger partial charge in [0.1, 0.15) is 0 Å². The lowest BCUT2D eigenvalue weighted by molar-refractivity contribution is -0.149. The molecule has 7 heteroatoms. The van der Waals surface area contributed by atoms with Crippen molar-refractivity contribution in [2.45, 2.75) is 38.9 Å².